The van der Waals surface area contributed by atoms with Crippen molar-refractivity contribution in [2.24, 2.45) is 0 Å². The standard InChI is InChI=1S/C13H8Cl2N2O4/c14-8-5-10(15)12(16)11(6-8)21-13(18)7-1-3-9(4-2-7)17(19)20/h1-6H,16H2. The van der Waals surface area contributed by atoms with Gasteiger partial charge in [-0.25, -0.2) is 4.79 Å². The smallest absolute Gasteiger partial charge is 0.343 e. The maximum absolute atomic E-state index is 11.9. The molecule has 2 aromatic rings. The van der Waals surface area contributed by atoms with Crippen LogP contribution in [0.5, 0.6) is 5.75 Å². The number of esters is 1. The van der Waals surface area contributed by atoms with Crippen LogP contribution in [0.15, 0.2) is 36.4 Å². The molecule has 0 unspecified atom stereocenters. The van der Waals surface area contributed by atoms with Crippen molar-refractivity contribution in [2.75, 3.05) is 5.73 Å². The summed E-state index contributed by atoms with van der Waals surface area (Å²) in [5, 5.41) is 11.0. The number of halogens is 2. The number of nitrogen functional groups attached to an aromatic ring is 1. The van der Waals surface area contributed by atoms with Crippen LogP contribution in [0.4, 0.5) is 11.4 Å². The third-order valence-electron chi connectivity index (χ3n) is 2.57. The molecule has 2 N–H and O–H groups in total. The van der Waals surface area contributed by atoms with Crippen LogP contribution < -0.4 is 10.5 Å². The molecule has 0 saturated carbocycles. The molecule has 6 nitrogen and oxygen atoms in total. The van der Waals surface area contributed by atoms with Gasteiger partial charge < -0.3 is 10.5 Å². The molecule has 0 aromatic heterocycles. The summed E-state index contributed by atoms with van der Waals surface area (Å²) in [6, 6.07) is 7.73. The molecule has 2 aromatic carbocycles. The number of nitrogens with two attached hydrogens (primary N) is 1. The fourth-order valence-electron chi connectivity index (χ4n) is 1.52. The topological polar surface area (TPSA) is 95.5 Å². The van der Waals surface area contributed by atoms with Crippen LogP contribution in [-0.4, -0.2) is 10.9 Å². The van der Waals surface area contributed by atoms with Crippen LogP contribution in [0.3, 0.4) is 0 Å². The van der Waals surface area contributed by atoms with E-state index >= 15 is 0 Å². The van der Waals surface area contributed by atoms with E-state index in [1.54, 1.807) is 0 Å². The first-order valence-corrected chi connectivity index (χ1v) is 6.35. The fraction of sp³-hybridized carbons (Fsp3) is 0. The Labute approximate surface area is 129 Å². The molecule has 108 valence electrons. The predicted octanol–water partition coefficient (Wildman–Crippen LogP) is 3.70. The molecule has 0 bridgehead atoms. The van der Waals surface area contributed by atoms with Gasteiger partial charge in [0.1, 0.15) is 0 Å². The van der Waals surface area contributed by atoms with Gasteiger partial charge in [0.2, 0.25) is 0 Å². The number of ether oxygens (including phenoxy) is 1. The van der Waals surface area contributed by atoms with Gasteiger partial charge in [-0.2, -0.15) is 0 Å². The van der Waals surface area contributed by atoms with E-state index in [4.69, 9.17) is 33.7 Å². The monoisotopic (exact) mass is 326 g/mol. The van der Waals surface area contributed by atoms with Gasteiger partial charge in [0.15, 0.2) is 5.75 Å². The summed E-state index contributed by atoms with van der Waals surface area (Å²) < 4.78 is 5.09. The first-order chi connectivity index (χ1) is 9.88. The first kappa shape index (κ1) is 15.1. The highest BCUT2D eigenvalue weighted by atomic mass is 35.5. The molecule has 0 aliphatic carbocycles. The van der Waals surface area contributed by atoms with E-state index in [0.717, 1.165) is 0 Å². The zero-order chi connectivity index (χ0) is 15.6. The minimum atomic E-state index is -0.727. The Morgan fingerprint density at radius 2 is 1.81 bits per heavy atom. The summed E-state index contributed by atoms with van der Waals surface area (Å²) in [4.78, 5) is 21.9. The van der Waals surface area contributed by atoms with Gasteiger partial charge in [0.25, 0.3) is 5.69 Å². The predicted molar refractivity (Wildman–Crippen MR) is 78.9 cm³/mol. The lowest BCUT2D eigenvalue weighted by molar-refractivity contribution is -0.384. The van der Waals surface area contributed by atoms with Crippen molar-refractivity contribution in [2.45, 2.75) is 0 Å². The summed E-state index contributed by atoms with van der Waals surface area (Å²) in [7, 11) is 0. The van der Waals surface area contributed by atoms with E-state index < -0.39 is 10.9 Å². The van der Waals surface area contributed by atoms with Crippen molar-refractivity contribution >= 4 is 40.5 Å². The van der Waals surface area contributed by atoms with Gasteiger partial charge in [-0.3, -0.25) is 10.1 Å². The Morgan fingerprint density at radius 1 is 1.19 bits per heavy atom. The average Bonchev–Trinajstić information content (AvgIpc) is 2.44. The molecule has 0 spiro atoms. The molecule has 2 rings (SSSR count). The molecule has 0 aliphatic rings. The molecule has 21 heavy (non-hydrogen) atoms. The van der Waals surface area contributed by atoms with Crippen LogP contribution in [0, 0.1) is 10.1 Å². The van der Waals surface area contributed by atoms with Crippen LogP contribution >= 0.6 is 23.2 Å². The van der Waals surface area contributed by atoms with Crippen LogP contribution in [0.2, 0.25) is 10.0 Å². The van der Waals surface area contributed by atoms with Crippen molar-refractivity contribution in [1.29, 1.82) is 0 Å². The number of nitro benzene ring substituents is 1. The zero-order valence-electron chi connectivity index (χ0n) is 10.4. The molecular weight excluding hydrogens is 319 g/mol. The summed E-state index contributed by atoms with van der Waals surface area (Å²) >= 11 is 11.6. The Hall–Kier alpha value is -2.31. The highest BCUT2D eigenvalue weighted by molar-refractivity contribution is 6.36. The first-order valence-electron chi connectivity index (χ1n) is 5.59. The summed E-state index contributed by atoms with van der Waals surface area (Å²) in [5.41, 5.74) is 5.77. The maximum atomic E-state index is 11.9. The summed E-state index contributed by atoms with van der Waals surface area (Å²) in [6.07, 6.45) is 0. The fourth-order valence-corrected chi connectivity index (χ4v) is 2.00. The molecule has 0 atom stereocenters. The number of nitrogens with zero attached hydrogens (tertiary/aromatic N) is 1. The van der Waals surface area contributed by atoms with Crippen molar-refractivity contribution in [1.82, 2.24) is 0 Å². The number of carbonyl (C=O) groups is 1. The van der Waals surface area contributed by atoms with E-state index in [1.165, 1.54) is 36.4 Å². The SMILES string of the molecule is Nc1c(Cl)cc(Cl)cc1OC(=O)c1ccc([N+](=O)[O-])cc1. The van der Waals surface area contributed by atoms with Gasteiger partial charge in [-0.1, -0.05) is 23.2 Å². The Bertz CT molecular complexity index is 717. The Balaban J connectivity index is 2.24. The van der Waals surface area contributed by atoms with E-state index in [2.05, 4.69) is 0 Å². The van der Waals surface area contributed by atoms with E-state index in [1.807, 2.05) is 0 Å². The van der Waals surface area contributed by atoms with E-state index in [9.17, 15) is 14.9 Å². The molecule has 0 fully saturated rings. The second-order valence-electron chi connectivity index (χ2n) is 3.99. The van der Waals surface area contributed by atoms with Gasteiger partial charge >= 0.3 is 5.97 Å². The highest BCUT2D eigenvalue weighted by Crippen LogP contribution is 2.33. The Morgan fingerprint density at radius 3 is 2.38 bits per heavy atom. The maximum Gasteiger partial charge on any atom is 0.343 e. The molecule has 0 aliphatic heterocycles. The Kier molecular flexibility index (Phi) is 4.30. The van der Waals surface area contributed by atoms with E-state index in [0.29, 0.717) is 0 Å². The lowest BCUT2D eigenvalue weighted by atomic mass is 10.2. The lowest BCUT2D eigenvalue weighted by Crippen LogP contribution is -2.10. The van der Waals surface area contributed by atoms with Gasteiger partial charge in [-0.15, -0.1) is 0 Å². The minimum Gasteiger partial charge on any atom is -0.421 e. The number of anilines is 1. The van der Waals surface area contributed by atoms with Crippen LogP contribution in [0.25, 0.3) is 0 Å². The van der Waals surface area contributed by atoms with Crippen LogP contribution in [-0.2, 0) is 0 Å². The molecule has 8 heteroatoms. The van der Waals surface area contributed by atoms with Crippen LogP contribution in [0.1, 0.15) is 10.4 Å². The lowest BCUT2D eigenvalue weighted by Gasteiger charge is -2.09. The number of hydrogen-bond acceptors (Lipinski definition) is 5. The summed E-state index contributed by atoms with van der Waals surface area (Å²) in [6.45, 7) is 0. The van der Waals surface area contributed by atoms with Crippen molar-refractivity contribution in [3.8, 4) is 5.75 Å². The quantitative estimate of drug-likeness (QED) is 0.305. The van der Waals surface area contributed by atoms with Gasteiger partial charge in [0, 0.05) is 23.2 Å². The minimum absolute atomic E-state index is 0.0239. The zero-order valence-corrected chi connectivity index (χ0v) is 11.9. The third kappa shape index (κ3) is 3.42. The van der Waals surface area contributed by atoms with Crippen molar-refractivity contribution < 1.29 is 14.5 Å². The summed E-state index contributed by atoms with van der Waals surface area (Å²) in [5.74, 6) is -0.703. The number of non-ortho nitro benzene ring substituents is 1. The second-order valence-corrected chi connectivity index (χ2v) is 4.84. The number of rotatable bonds is 3. The van der Waals surface area contributed by atoms with E-state index in [-0.39, 0.29) is 32.7 Å². The average molecular weight is 327 g/mol. The molecule has 0 saturated heterocycles. The molecular formula is C13H8Cl2N2O4. The largest absolute Gasteiger partial charge is 0.421 e. The molecule has 0 radical (unpaired) electrons. The number of nitro groups is 1. The number of benzene rings is 2. The van der Waals surface area contributed by atoms with Gasteiger partial charge in [0.05, 0.1) is 21.2 Å². The second kappa shape index (κ2) is 5.99. The van der Waals surface area contributed by atoms with Crippen molar-refractivity contribution in [3.63, 3.8) is 0 Å². The number of hydrogen-bond donors (Lipinski definition) is 1. The third-order valence-corrected chi connectivity index (χ3v) is 3.10. The van der Waals surface area contributed by atoms with Crippen molar-refractivity contribution in [3.05, 3.63) is 62.1 Å². The number of carbonyl (C=O) groups excluding carboxylic acids is 1. The molecule has 0 heterocycles. The highest BCUT2D eigenvalue weighted by Gasteiger charge is 2.15. The van der Waals surface area contributed by atoms with Gasteiger partial charge in [-0.05, 0) is 18.2 Å². The normalized spacial score (nSPS) is 10.2. The molecule has 0 amide bonds.